The molecule has 0 aliphatic carbocycles. The van der Waals surface area contributed by atoms with Crippen LogP contribution in [-0.2, 0) is 6.42 Å². The number of hydrogen-bond acceptors (Lipinski definition) is 0. The Morgan fingerprint density at radius 2 is 1.40 bits per heavy atom. The third-order valence-corrected chi connectivity index (χ3v) is 2.61. The van der Waals surface area contributed by atoms with Gasteiger partial charge >= 0.3 is 0 Å². The van der Waals surface area contributed by atoms with Crippen LogP contribution in [0.1, 0.15) is 56.7 Å². The molecule has 0 amide bonds. The third kappa shape index (κ3) is 6.33. The zero-order valence-electron chi connectivity index (χ0n) is 11.1. The molecule has 1 aromatic carbocycles. The van der Waals surface area contributed by atoms with Gasteiger partial charge in [-0.25, -0.2) is 0 Å². The van der Waals surface area contributed by atoms with E-state index in [1.165, 1.54) is 42.4 Å². The molecule has 0 heteroatoms. The molecule has 0 saturated heterocycles. The monoisotopic (exact) mass is 206 g/mol. The Kier molecular flexibility index (Phi) is 8.08. The number of rotatable bonds is 3. The van der Waals surface area contributed by atoms with Gasteiger partial charge in [0.1, 0.15) is 0 Å². The Balaban J connectivity index is 0.000000423. The SMILES string of the molecule is CCCC.CCCc1ccc(C)c(C)c1. The Morgan fingerprint density at radius 3 is 1.80 bits per heavy atom. The van der Waals surface area contributed by atoms with E-state index < -0.39 is 0 Å². The molecular weight excluding hydrogens is 180 g/mol. The topological polar surface area (TPSA) is 0 Å². The highest BCUT2D eigenvalue weighted by Crippen LogP contribution is 2.10. The Morgan fingerprint density at radius 1 is 0.800 bits per heavy atom. The summed E-state index contributed by atoms with van der Waals surface area (Å²) in [5.41, 5.74) is 4.27. The molecule has 0 radical (unpaired) electrons. The van der Waals surface area contributed by atoms with Crippen molar-refractivity contribution >= 4 is 0 Å². The van der Waals surface area contributed by atoms with Gasteiger partial charge in [0.05, 0.1) is 0 Å². The van der Waals surface area contributed by atoms with Gasteiger partial charge in [0.2, 0.25) is 0 Å². The van der Waals surface area contributed by atoms with Gasteiger partial charge in [0, 0.05) is 0 Å². The van der Waals surface area contributed by atoms with E-state index in [1.807, 2.05) is 0 Å². The van der Waals surface area contributed by atoms with Crippen LogP contribution in [0.5, 0.6) is 0 Å². The average Bonchev–Trinajstić information content (AvgIpc) is 2.24. The minimum Gasteiger partial charge on any atom is -0.0654 e. The first-order valence-electron chi connectivity index (χ1n) is 6.21. The zero-order valence-corrected chi connectivity index (χ0v) is 11.1. The van der Waals surface area contributed by atoms with Crippen LogP contribution in [0.4, 0.5) is 0 Å². The Bertz CT molecular complexity index is 259. The average molecular weight is 206 g/mol. The molecule has 0 N–H and O–H groups in total. The molecular formula is C15H26. The maximum Gasteiger partial charge on any atom is -0.0281 e. The van der Waals surface area contributed by atoms with Crippen LogP contribution >= 0.6 is 0 Å². The molecule has 0 unspecified atom stereocenters. The smallest absolute Gasteiger partial charge is 0.0281 e. The predicted octanol–water partition coefficient (Wildman–Crippen LogP) is 5.06. The van der Waals surface area contributed by atoms with Crippen molar-refractivity contribution in [3.05, 3.63) is 34.9 Å². The summed E-state index contributed by atoms with van der Waals surface area (Å²) in [4.78, 5) is 0. The molecule has 0 fully saturated rings. The van der Waals surface area contributed by atoms with Crippen molar-refractivity contribution in [2.75, 3.05) is 0 Å². The second kappa shape index (κ2) is 8.52. The molecule has 0 aliphatic heterocycles. The highest BCUT2D eigenvalue weighted by molar-refractivity contribution is 5.29. The predicted molar refractivity (Wildman–Crippen MR) is 70.5 cm³/mol. The van der Waals surface area contributed by atoms with Crippen molar-refractivity contribution in [3.8, 4) is 0 Å². The molecule has 0 aliphatic rings. The van der Waals surface area contributed by atoms with Gasteiger partial charge in [0.25, 0.3) is 0 Å². The fraction of sp³-hybridized carbons (Fsp3) is 0.600. The molecule has 0 bridgehead atoms. The lowest BCUT2D eigenvalue weighted by Crippen LogP contribution is -1.86. The molecule has 0 atom stereocenters. The summed E-state index contributed by atoms with van der Waals surface area (Å²) in [6.07, 6.45) is 5.09. The van der Waals surface area contributed by atoms with Crippen molar-refractivity contribution in [1.29, 1.82) is 0 Å². The van der Waals surface area contributed by atoms with Gasteiger partial charge < -0.3 is 0 Å². The lowest BCUT2D eigenvalue weighted by molar-refractivity contribution is 0.886. The standard InChI is InChI=1S/C11H16.C4H10/c1-4-5-11-7-6-9(2)10(3)8-11;1-3-4-2/h6-8H,4-5H2,1-3H3;3-4H2,1-2H3. The summed E-state index contributed by atoms with van der Waals surface area (Å²) in [6, 6.07) is 6.73. The molecule has 1 aromatic rings. The Hall–Kier alpha value is -0.780. The van der Waals surface area contributed by atoms with Crippen LogP contribution in [0.2, 0.25) is 0 Å². The number of unbranched alkanes of at least 4 members (excludes halogenated alkanes) is 1. The van der Waals surface area contributed by atoms with Crippen LogP contribution in [-0.4, -0.2) is 0 Å². The molecule has 0 nitrogen and oxygen atoms in total. The number of hydrogen-bond donors (Lipinski definition) is 0. The number of aryl methyl sites for hydroxylation is 3. The van der Waals surface area contributed by atoms with Gasteiger partial charge in [0.15, 0.2) is 0 Å². The van der Waals surface area contributed by atoms with Crippen LogP contribution in [0.15, 0.2) is 18.2 Å². The molecule has 0 aromatic heterocycles. The van der Waals surface area contributed by atoms with Crippen molar-refractivity contribution in [2.24, 2.45) is 0 Å². The molecule has 0 saturated carbocycles. The fourth-order valence-electron chi connectivity index (χ4n) is 1.25. The van der Waals surface area contributed by atoms with Gasteiger partial charge in [-0.15, -0.1) is 0 Å². The van der Waals surface area contributed by atoms with Crippen molar-refractivity contribution < 1.29 is 0 Å². The molecule has 1 rings (SSSR count). The lowest BCUT2D eigenvalue weighted by atomic mass is 10.0. The van der Waals surface area contributed by atoms with Crippen molar-refractivity contribution in [1.82, 2.24) is 0 Å². The lowest BCUT2D eigenvalue weighted by Gasteiger charge is -2.02. The fourth-order valence-corrected chi connectivity index (χ4v) is 1.25. The van der Waals surface area contributed by atoms with Crippen LogP contribution < -0.4 is 0 Å². The van der Waals surface area contributed by atoms with E-state index >= 15 is 0 Å². The quantitative estimate of drug-likeness (QED) is 0.648. The molecule has 15 heavy (non-hydrogen) atoms. The van der Waals surface area contributed by atoms with E-state index in [4.69, 9.17) is 0 Å². The second-order valence-electron chi connectivity index (χ2n) is 4.17. The molecule has 86 valence electrons. The van der Waals surface area contributed by atoms with Gasteiger partial charge in [-0.05, 0) is 37.0 Å². The van der Waals surface area contributed by atoms with Gasteiger partial charge in [-0.2, -0.15) is 0 Å². The van der Waals surface area contributed by atoms with E-state index in [-0.39, 0.29) is 0 Å². The van der Waals surface area contributed by atoms with E-state index in [1.54, 1.807) is 0 Å². The minimum absolute atomic E-state index is 1.21. The van der Waals surface area contributed by atoms with E-state index in [0.29, 0.717) is 0 Å². The normalized spacial score (nSPS) is 9.40. The summed E-state index contributed by atoms with van der Waals surface area (Å²) >= 11 is 0. The maximum atomic E-state index is 2.29. The summed E-state index contributed by atoms with van der Waals surface area (Å²) in [5.74, 6) is 0. The molecule has 0 spiro atoms. The first-order chi connectivity index (χ1) is 7.15. The highest BCUT2D eigenvalue weighted by Gasteiger charge is 1.93. The second-order valence-corrected chi connectivity index (χ2v) is 4.17. The minimum atomic E-state index is 1.21. The summed E-state index contributed by atoms with van der Waals surface area (Å²) in [6.45, 7) is 10.9. The Labute approximate surface area is 95.7 Å². The summed E-state index contributed by atoms with van der Waals surface area (Å²) < 4.78 is 0. The third-order valence-electron chi connectivity index (χ3n) is 2.61. The number of benzene rings is 1. The largest absolute Gasteiger partial charge is 0.0654 e. The summed E-state index contributed by atoms with van der Waals surface area (Å²) in [5, 5.41) is 0. The summed E-state index contributed by atoms with van der Waals surface area (Å²) in [7, 11) is 0. The van der Waals surface area contributed by atoms with Gasteiger partial charge in [-0.3, -0.25) is 0 Å². The first kappa shape index (κ1) is 14.2. The van der Waals surface area contributed by atoms with Crippen LogP contribution in [0.25, 0.3) is 0 Å². The van der Waals surface area contributed by atoms with E-state index in [2.05, 4.69) is 52.8 Å². The van der Waals surface area contributed by atoms with Crippen molar-refractivity contribution in [2.45, 2.75) is 60.3 Å². The maximum absolute atomic E-state index is 2.29. The van der Waals surface area contributed by atoms with Gasteiger partial charge in [-0.1, -0.05) is 58.2 Å². The van der Waals surface area contributed by atoms with Crippen molar-refractivity contribution in [3.63, 3.8) is 0 Å². The first-order valence-corrected chi connectivity index (χ1v) is 6.21. The van der Waals surface area contributed by atoms with E-state index in [9.17, 15) is 0 Å². The molecule has 0 heterocycles. The highest BCUT2D eigenvalue weighted by atomic mass is 14.0. The van der Waals surface area contributed by atoms with Crippen LogP contribution in [0.3, 0.4) is 0 Å². The zero-order chi connectivity index (χ0) is 11.7. The van der Waals surface area contributed by atoms with E-state index in [0.717, 1.165) is 0 Å². The van der Waals surface area contributed by atoms with Crippen LogP contribution in [0, 0.1) is 13.8 Å².